The predicted octanol–water partition coefficient (Wildman–Crippen LogP) is 3.59. The van der Waals surface area contributed by atoms with E-state index in [0.717, 1.165) is 12.5 Å². The summed E-state index contributed by atoms with van der Waals surface area (Å²) in [5.41, 5.74) is 4.80. The molecule has 1 aliphatic carbocycles. The third-order valence-electron chi connectivity index (χ3n) is 3.74. The van der Waals surface area contributed by atoms with Gasteiger partial charge in [-0.2, -0.15) is 0 Å². The Bertz CT molecular complexity index is 374. The van der Waals surface area contributed by atoms with Crippen LogP contribution in [0.25, 0.3) is 0 Å². The van der Waals surface area contributed by atoms with Gasteiger partial charge in [0.2, 0.25) is 0 Å². The number of ether oxygens (including phenoxy) is 1. The Labute approximate surface area is 98.8 Å². The van der Waals surface area contributed by atoms with E-state index < -0.39 is 0 Å². The van der Waals surface area contributed by atoms with E-state index in [9.17, 15) is 0 Å². The Morgan fingerprint density at radius 2 is 1.88 bits per heavy atom. The van der Waals surface area contributed by atoms with Crippen LogP contribution in [0.15, 0.2) is 18.2 Å². The molecule has 1 nitrogen and oxygen atoms in total. The predicted molar refractivity (Wildman–Crippen MR) is 67.5 cm³/mol. The van der Waals surface area contributed by atoms with Crippen molar-refractivity contribution in [2.24, 2.45) is 11.3 Å². The second-order valence-electron chi connectivity index (χ2n) is 6.01. The number of methoxy groups -OCH3 is 1. The molecule has 1 heteroatoms. The third-order valence-corrected chi connectivity index (χ3v) is 3.74. The smallest absolute Gasteiger partial charge is 0.0713 e. The maximum Gasteiger partial charge on any atom is 0.0713 e. The molecule has 1 aromatic rings. The summed E-state index contributed by atoms with van der Waals surface area (Å²) >= 11 is 0. The first kappa shape index (κ1) is 11.7. The lowest BCUT2D eigenvalue weighted by molar-refractivity contribution is 0.185. The van der Waals surface area contributed by atoms with Gasteiger partial charge in [-0.25, -0.2) is 0 Å². The van der Waals surface area contributed by atoms with Crippen LogP contribution in [0.2, 0.25) is 0 Å². The van der Waals surface area contributed by atoms with Crippen molar-refractivity contribution in [3.05, 3.63) is 34.9 Å². The van der Waals surface area contributed by atoms with Crippen molar-refractivity contribution in [3.63, 3.8) is 0 Å². The Kier molecular flexibility index (Phi) is 3.07. The first-order chi connectivity index (χ1) is 7.50. The molecule has 0 heterocycles. The molecule has 0 amide bonds. The van der Waals surface area contributed by atoms with Gasteiger partial charge < -0.3 is 4.74 Å². The molecule has 0 N–H and O–H groups in total. The van der Waals surface area contributed by atoms with E-state index in [1.54, 1.807) is 12.7 Å². The molecule has 1 unspecified atom stereocenters. The van der Waals surface area contributed by atoms with E-state index in [1.165, 1.54) is 24.0 Å². The Hall–Kier alpha value is -0.820. The number of hydrogen-bond donors (Lipinski definition) is 0. The van der Waals surface area contributed by atoms with Crippen molar-refractivity contribution in [1.29, 1.82) is 0 Å². The van der Waals surface area contributed by atoms with Crippen LogP contribution in [0.4, 0.5) is 0 Å². The molecular formula is C15H22O. The molecule has 1 atom stereocenters. The Morgan fingerprint density at radius 1 is 1.19 bits per heavy atom. The Balaban J connectivity index is 2.18. The van der Waals surface area contributed by atoms with Crippen molar-refractivity contribution < 1.29 is 4.74 Å². The van der Waals surface area contributed by atoms with Crippen LogP contribution >= 0.6 is 0 Å². The van der Waals surface area contributed by atoms with Gasteiger partial charge in [-0.1, -0.05) is 39.0 Å². The Morgan fingerprint density at radius 3 is 2.50 bits per heavy atom. The van der Waals surface area contributed by atoms with Crippen LogP contribution in [-0.4, -0.2) is 7.11 Å². The standard InChI is InChI=1S/C15H22O/c1-15(2,3)14-8-12-6-5-11(10-16-4)7-13(12)9-14/h5-7,14H,8-10H2,1-4H3. The lowest BCUT2D eigenvalue weighted by Crippen LogP contribution is -2.20. The van der Waals surface area contributed by atoms with Crippen molar-refractivity contribution in [2.75, 3.05) is 7.11 Å². The molecule has 16 heavy (non-hydrogen) atoms. The molecule has 0 saturated heterocycles. The number of fused-ring (bicyclic) bond motifs is 1. The first-order valence-corrected chi connectivity index (χ1v) is 6.10. The summed E-state index contributed by atoms with van der Waals surface area (Å²) in [6.45, 7) is 7.77. The highest BCUT2D eigenvalue weighted by atomic mass is 16.5. The van der Waals surface area contributed by atoms with Gasteiger partial charge >= 0.3 is 0 Å². The summed E-state index contributed by atoms with van der Waals surface area (Å²) in [7, 11) is 1.76. The minimum absolute atomic E-state index is 0.417. The summed E-state index contributed by atoms with van der Waals surface area (Å²) in [5, 5.41) is 0. The zero-order valence-corrected chi connectivity index (χ0v) is 10.8. The molecule has 0 fully saturated rings. The first-order valence-electron chi connectivity index (χ1n) is 6.10. The lowest BCUT2D eigenvalue weighted by atomic mass is 9.79. The van der Waals surface area contributed by atoms with Gasteiger partial charge in [-0.05, 0) is 40.9 Å². The number of hydrogen-bond acceptors (Lipinski definition) is 1. The molecular weight excluding hydrogens is 196 g/mol. The zero-order chi connectivity index (χ0) is 11.8. The SMILES string of the molecule is COCc1ccc2c(c1)CC(C(C)(C)C)C2. The topological polar surface area (TPSA) is 9.23 Å². The van der Waals surface area contributed by atoms with Gasteiger partial charge in [0, 0.05) is 7.11 Å². The van der Waals surface area contributed by atoms with E-state index in [1.807, 2.05) is 0 Å². The maximum atomic E-state index is 5.18. The summed E-state index contributed by atoms with van der Waals surface area (Å²) in [6, 6.07) is 6.81. The normalized spacial score (nSPS) is 19.9. The maximum absolute atomic E-state index is 5.18. The van der Waals surface area contributed by atoms with E-state index in [0.29, 0.717) is 5.41 Å². The molecule has 1 aliphatic rings. The van der Waals surface area contributed by atoms with E-state index in [-0.39, 0.29) is 0 Å². The average Bonchev–Trinajstić information content (AvgIpc) is 2.60. The van der Waals surface area contributed by atoms with Crippen molar-refractivity contribution in [3.8, 4) is 0 Å². The second kappa shape index (κ2) is 4.21. The van der Waals surface area contributed by atoms with Crippen LogP contribution in [-0.2, 0) is 24.2 Å². The van der Waals surface area contributed by atoms with E-state index >= 15 is 0 Å². The second-order valence-corrected chi connectivity index (χ2v) is 6.01. The summed E-state index contributed by atoms with van der Waals surface area (Å²) in [5.74, 6) is 0.792. The molecule has 0 saturated carbocycles. The summed E-state index contributed by atoms with van der Waals surface area (Å²) in [4.78, 5) is 0. The molecule has 88 valence electrons. The quantitative estimate of drug-likeness (QED) is 0.737. The van der Waals surface area contributed by atoms with Crippen LogP contribution in [0.3, 0.4) is 0 Å². The van der Waals surface area contributed by atoms with Gasteiger partial charge in [0.1, 0.15) is 0 Å². The van der Waals surface area contributed by atoms with Crippen molar-refractivity contribution >= 4 is 0 Å². The summed E-state index contributed by atoms with van der Waals surface area (Å²) < 4.78 is 5.18. The highest BCUT2D eigenvalue weighted by molar-refractivity contribution is 5.36. The lowest BCUT2D eigenvalue weighted by Gasteiger charge is -2.26. The highest BCUT2D eigenvalue weighted by Crippen LogP contribution is 2.38. The molecule has 0 aromatic heterocycles. The third kappa shape index (κ3) is 2.30. The fraction of sp³-hybridized carbons (Fsp3) is 0.600. The van der Waals surface area contributed by atoms with Crippen molar-refractivity contribution in [1.82, 2.24) is 0 Å². The summed E-state index contributed by atoms with van der Waals surface area (Å²) in [6.07, 6.45) is 2.47. The van der Waals surface area contributed by atoms with Crippen LogP contribution in [0.1, 0.15) is 37.5 Å². The zero-order valence-electron chi connectivity index (χ0n) is 10.8. The van der Waals surface area contributed by atoms with E-state index in [2.05, 4.69) is 39.0 Å². The number of rotatable bonds is 2. The van der Waals surface area contributed by atoms with Crippen LogP contribution < -0.4 is 0 Å². The van der Waals surface area contributed by atoms with Gasteiger partial charge in [-0.3, -0.25) is 0 Å². The van der Waals surface area contributed by atoms with E-state index in [4.69, 9.17) is 4.74 Å². The minimum atomic E-state index is 0.417. The minimum Gasteiger partial charge on any atom is -0.380 e. The highest BCUT2D eigenvalue weighted by Gasteiger charge is 2.30. The van der Waals surface area contributed by atoms with Crippen LogP contribution in [0, 0.1) is 11.3 Å². The molecule has 0 bridgehead atoms. The fourth-order valence-electron chi connectivity index (χ4n) is 2.54. The molecule has 0 radical (unpaired) electrons. The molecule has 0 spiro atoms. The van der Waals surface area contributed by atoms with Gasteiger partial charge in [0.05, 0.1) is 6.61 Å². The molecule has 1 aromatic carbocycles. The largest absolute Gasteiger partial charge is 0.380 e. The van der Waals surface area contributed by atoms with Gasteiger partial charge in [0.25, 0.3) is 0 Å². The monoisotopic (exact) mass is 218 g/mol. The molecule has 0 aliphatic heterocycles. The van der Waals surface area contributed by atoms with Crippen LogP contribution in [0.5, 0.6) is 0 Å². The van der Waals surface area contributed by atoms with Crippen molar-refractivity contribution in [2.45, 2.75) is 40.2 Å². The molecule has 2 rings (SSSR count). The van der Waals surface area contributed by atoms with Gasteiger partial charge in [-0.15, -0.1) is 0 Å². The average molecular weight is 218 g/mol. The van der Waals surface area contributed by atoms with Gasteiger partial charge in [0.15, 0.2) is 0 Å². The fourth-order valence-corrected chi connectivity index (χ4v) is 2.54. The number of benzene rings is 1.